The molecule has 0 aliphatic rings. The van der Waals surface area contributed by atoms with E-state index in [1.165, 1.54) is 17.2 Å². The molecule has 0 aliphatic heterocycles. The molecule has 6 heteroatoms. The summed E-state index contributed by atoms with van der Waals surface area (Å²) in [5, 5.41) is 0. The highest BCUT2D eigenvalue weighted by atomic mass is 19.4. The van der Waals surface area contributed by atoms with Gasteiger partial charge >= 0.3 is 6.18 Å². The van der Waals surface area contributed by atoms with Crippen molar-refractivity contribution in [2.75, 3.05) is 14.1 Å². The minimum atomic E-state index is -4.38. The molecule has 0 N–H and O–H groups in total. The predicted molar refractivity (Wildman–Crippen MR) is 74.4 cm³/mol. The van der Waals surface area contributed by atoms with Crippen LogP contribution in [0.2, 0.25) is 0 Å². The number of halogens is 3. The maximum atomic E-state index is 12.7. The molecule has 0 fully saturated rings. The number of carbonyl (C=O) groups is 1. The van der Waals surface area contributed by atoms with Crippen LogP contribution in [0.15, 0.2) is 48.7 Å². The second kappa shape index (κ2) is 7.42. The van der Waals surface area contributed by atoms with Gasteiger partial charge in [-0.3, -0.25) is 9.78 Å². The SMILES string of the molecule is CN(C)C=O.FC(F)(F)c1cccnc1-c1ccccc1. The Labute approximate surface area is 121 Å². The van der Waals surface area contributed by atoms with Crippen molar-refractivity contribution in [2.24, 2.45) is 0 Å². The van der Waals surface area contributed by atoms with Crippen molar-refractivity contribution < 1.29 is 18.0 Å². The van der Waals surface area contributed by atoms with Crippen molar-refractivity contribution in [1.29, 1.82) is 0 Å². The Balaban J connectivity index is 0.000000383. The molecule has 0 spiro atoms. The van der Waals surface area contributed by atoms with E-state index >= 15 is 0 Å². The first-order valence-corrected chi connectivity index (χ1v) is 6.05. The molecular weight excluding hydrogens is 281 g/mol. The third-order valence-electron chi connectivity index (χ3n) is 2.37. The molecule has 1 amide bonds. The van der Waals surface area contributed by atoms with Crippen LogP contribution in [0.1, 0.15) is 5.56 Å². The van der Waals surface area contributed by atoms with E-state index in [0.29, 0.717) is 5.56 Å². The number of pyridine rings is 1. The van der Waals surface area contributed by atoms with Crippen LogP contribution in [0.25, 0.3) is 11.3 Å². The molecular formula is C15H15F3N2O. The monoisotopic (exact) mass is 296 g/mol. The maximum absolute atomic E-state index is 12.7. The van der Waals surface area contributed by atoms with Crippen molar-refractivity contribution in [3.8, 4) is 11.3 Å². The molecule has 21 heavy (non-hydrogen) atoms. The highest BCUT2D eigenvalue weighted by molar-refractivity contribution is 5.63. The van der Waals surface area contributed by atoms with Gasteiger partial charge in [-0.2, -0.15) is 13.2 Å². The van der Waals surface area contributed by atoms with Crippen LogP contribution in [0, 0.1) is 0 Å². The maximum Gasteiger partial charge on any atom is 0.418 e. The number of nitrogens with zero attached hydrogens (tertiary/aromatic N) is 2. The smallest absolute Gasteiger partial charge is 0.351 e. The van der Waals surface area contributed by atoms with Crippen molar-refractivity contribution >= 4 is 6.41 Å². The molecule has 1 aromatic carbocycles. The summed E-state index contributed by atoms with van der Waals surface area (Å²) in [7, 11) is 3.38. The molecule has 0 saturated carbocycles. The lowest BCUT2D eigenvalue weighted by atomic mass is 10.1. The van der Waals surface area contributed by atoms with E-state index in [-0.39, 0.29) is 5.69 Å². The van der Waals surface area contributed by atoms with Gasteiger partial charge in [0, 0.05) is 25.9 Å². The van der Waals surface area contributed by atoms with Crippen molar-refractivity contribution in [1.82, 2.24) is 9.88 Å². The number of rotatable bonds is 2. The topological polar surface area (TPSA) is 33.2 Å². The van der Waals surface area contributed by atoms with E-state index in [2.05, 4.69) is 4.98 Å². The number of benzene rings is 1. The van der Waals surface area contributed by atoms with E-state index in [1.54, 1.807) is 44.4 Å². The zero-order valence-corrected chi connectivity index (χ0v) is 11.6. The molecule has 2 rings (SSSR count). The van der Waals surface area contributed by atoms with Gasteiger partial charge in [0.15, 0.2) is 0 Å². The lowest BCUT2D eigenvalue weighted by molar-refractivity contribution is -0.137. The third-order valence-corrected chi connectivity index (χ3v) is 2.37. The second-order valence-electron chi connectivity index (χ2n) is 4.33. The summed E-state index contributed by atoms with van der Waals surface area (Å²) in [6, 6.07) is 10.7. The van der Waals surface area contributed by atoms with Crippen LogP contribution in [0.5, 0.6) is 0 Å². The first-order valence-electron chi connectivity index (χ1n) is 6.05. The van der Waals surface area contributed by atoms with Crippen LogP contribution < -0.4 is 0 Å². The van der Waals surface area contributed by atoms with Gasteiger partial charge < -0.3 is 4.90 Å². The number of hydrogen-bond donors (Lipinski definition) is 0. The Bertz CT molecular complexity index is 569. The Morgan fingerprint density at radius 1 is 1.05 bits per heavy atom. The third kappa shape index (κ3) is 5.25. The summed E-state index contributed by atoms with van der Waals surface area (Å²) in [6.45, 7) is 0. The number of aromatic nitrogens is 1. The van der Waals surface area contributed by atoms with E-state index in [9.17, 15) is 18.0 Å². The number of hydrogen-bond acceptors (Lipinski definition) is 2. The van der Waals surface area contributed by atoms with Crippen molar-refractivity contribution in [3.63, 3.8) is 0 Å². The van der Waals surface area contributed by atoms with Gasteiger partial charge in [0.25, 0.3) is 0 Å². The minimum absolute atomic E-state index is 0.0319. The number of carbonyl (C=O) groups excluding carboxylic acids is 1. The molecule has 0 atom stereocenters. The zero-order valence-electron chi connectivity index (χ0n) is 11.6. The molecule has 112 valence electrons. The summed E-state index contributed by atoms with van der Waals surface area (Å²) in [6.07, 6.45) is -2.27. The second-order valence-corrected chi connectivity index (χ2v) is 4.33. The molecule has 3 nitrogen and oxygen atoms in total. The summed E-state index contributed by atoms with van der Waals surface area (Å²) < 4.78 is 38.1. The zero-order chi connectivity index (χ0) is 15.9. The highest BCUT2D eigenvalue weighted by Gasteiger charge is 2.34. The van der Waals surface area contributed by atoms with Gasteiger partial charge in [-0.25, -0.2) is 0 Å². The van der Waals surface area contributed by atoms with E-state index in [0.717, 1.165) is 12.5 Å². The van der Waals surface area contributed by atoms with Gasteiger partial charge in [-0.1, -0.05) is 30.3 Å². The molecule has 2 aromatic rings. The van der Waals surface area contributed by atoms with E-state index < -0.39 is 11.7 Å². The van der Waals surface area contributed by atoms with Gasteiger partial charge in [-0.15, -0.1) is 0 Å². The van der Waals surface area contributed by atoms with Crippen LogP contribution >= 0.6 is 0 Å². The average molecular weight is 296 g/mol. The number of amides is 1. The molecule has 1 aromatic heterocycles. The largest absolute Gasteiger partial charge is 0.418 e. The van der Waals surface area contributed by atoms with Crippen molar-refractivity contribution in [3.05, 3.63) is 54.2 Å². The first kappa shape index (κ1) is 16.7. The fourth-order valence-electron chi connectivity index (χ4n) is 1.46. The lowest BCUT2D eigenvalue weighted by Crippen LogP contribution is -2.08. The lowest BCUT2D eigenvalue weighted by Gasteiger charge is -2.11. The number of alkyl halides is 3. The fourth-order valence-corrected chi connectivity index (χ4v) is 1.46. The quantitative estimate of drug-likeness (QED) is 0.795. The molecule has 0 unspecified atom stereocenters. The average Bonchev–Trinajstić information content (AvgIpc) is 2.48. The van der Waals surface area contributed by atoms with Crippen molar-refractivity contribution in [2.45, 2.75) is 6.18 Å². The predicted octanol–water partition coefficient (Wildman–Crippen LogP) is 3.47. The van der Waals surface area contributed by atoms with Gasteiger partial charge in [0.1, 0.15) is 0 Å². The van der Waals surface area contributed by atoms with Gasteiger partial charge in [0.05, 0.1) is 11.3 Å². The Morgan fingerprint density at radius 2 is 1.62 bits per heavy atom. The van der Waals surface area contributed by atoms with Crippen LogP contribution in [0.3, 0.4) is 0 Å². The molecule has 0 bridgehead atoms. The molecule has 1 heterocycles. The summed E-state index contributed by atoms with van der Waals surface area (Å²) in [5.41, 5.74) is -0.271. The van der Waals surface area contributed by atoms with Gasteiger partial charge in [0.2, 0.25) is 6.41 Å². The highest BCUT2D eigenvalue weighted by Crippen LogP contribution is 2.35. The van der Waals surface area contributed by atoms with E-state index in [4.69, 9.17) is 0 Å². The van der Waals surface area contributed by atoms with Gasteiger partial charge in [-0.05, 0) is 12.1 Å². The Hall–Kier alpha value is -2.37. The summed E-state index contributed by atoms with van der Waals surface area (Å²) in [4.78, 5) is 14.7. The molecule has 0 saturated heterocycles. The Morgan fingerprint density at radius 3 is 2.10 bits per heavy atom. The summed E-state index contributed by atoms with van der Waals surface area (Å²) >= 11 is 0. The Kier molecular flexibility index (Phi) is 5.90. The van der Waals surface area contributed by atoms with Crippen LogP contribution in [0.4, 0.5) is 13.2 Å². The van der Waals surface area contributed by atoms with Crippen LogP contribution in [-0.4, -0.2) is 30.4 Å². The first-order chi connectivity index (χ1) is 9.86. The van der Waals surface area contributed by atoms with Crippen LogP contribution in [-0.2, 0) is 11.0 Å². The summed E-state index contributed by atoms with van der Waals surface area (Å²) in [5.74, 6) is 0. The minimum Gasteiger partial charge on any atom is -0.351 e. The standard InChI is InChI=1S/C12H8F3N.C3H7NO/c13-12(14,15)10-7-4-8-16-11(10)9-5-2-1-3-6-9;1-4(2)3-5/h1-8H;3H,1-2H3. The molecule has 0 radical (unpaired) electrons. The fraction of sp³-hybridized carbons (Fsp3) is 0.200. The molecule has 0 aliphatic carbocycles. The normalized spacial score (nSPS) is 10.3. The van der Waals surface area contributed by atoms with E-state index in [1.807, 2.05) is 0 Å².